The van der Waals surface area contributed by atoms with Gasteiger partial charge >= 0.3 is 0 Å². The molecule has 1 aromatic heterocycles. The van der Waals surface area contributed by atoms with Gasteiger partial charge in [-0.25, -0.2) is 9.67 Å². The summed E-state index contributed by atoms with van der Waals surface area (Å²) < 4.78 is 1.83. The number of nitrogen functional groups attached to an aromatic ring is 1. The Morgan fingerprint density at radius 3 is 2.86 bits per heavy atom. The molecule has 1 heterocycles. The van der Waals surface area contributed by atoms with Gasteiger partial charge in [0.1, 0.15) is 6.33 Å². The summed E-state index contributed by atoms with van der Waals surface area (Å²) in [5, 5.41) is 4.10. The molecule has 0 saturated heterocycles. The minimum Gasteiger partial charge on any atom is -0.398 e. The molecule has 4 nitrogen and oxygen atoms in total. The lowest BCUT2D eigenvalue weighted by Crippen LogP contribution is -2.01. The minimum atomic E-state index is 0.732. The number of benzene rings is 1. The van der Waals surface area contributed by atoms with Crippen molar-refractivity contribution in [1.82, 2.24) is 14.8 Å². The van der Waals surface area contributed by atoms with Crippen LogP contribution in [0.1, 0.15) is 6.92 Å². The molecule has 72 valence electrons. The highest BCUT2D eigenvalue weighted by Crippen LogP contribution is 2.22. The third kappa shape index (κ3) is 1.35. The van der Waals surface area contributed by atoms with E-state index in [1.165, 1.54) is 0 Å². The highest BCUT2D eigenvalue weighted by atomic mass is 15.3. The summed E-state index contributed by atoms with van der Waals surface area (Å²) >= 11 is 0. The van der Waals surface area contributed by atoms with Gasteiger partial charge in [-0.3, -0.25) is 0 Å². The van der Waals surface area contributed by atoms with Crippen LogP contribution in [0.3, 0.4) is 0 Å². The van der Waals surface area contributed by atoms with Crippen LogP contribution in [0.2, 0.25) is 0 Å². The van der Waals surface area contributed by atoms with Crippen LogP contribution in [-0.4, -0.2) is 14.8 Å². The van der Waals surface area contributed by atoms with Crippen molar-refractivity contribution in [1.29, 1.82) is 0 Å². The first-order valence-corrected chi connectivity index (χ1v) is 4.55. The van der Waals surface area contributed by atoms with Crippen molar-refractivity contribution < 1.29 is 0 Å². The van der Waals surface area contributed by atoms with Crippen molar-refractivity contribution in [2.75, 3.05) is 5.73 Å². The topological polar surface area (TPSA) is 56.7 Å². The smallest absolute Gasteiger partial charge is 0.160 e. The van der Waals surface area contributed by atoms with Gasteiger partial charge in [0.05, 0.1) is 0 Å². The van der Waals surface area contributed by atoms with Crippen LogP contribution >= 0.6 is 0 Å². The number of para-hydroxylation sites is 1. The minimum absolute atomic E-state index is 0.732. The van der Waals surface area contributed by atoms with Crippen molar-refractivity contribution in [3.05, 3.63) is 30.6 Å². The summed E-state index contributed by atoms with van der Waals surface area (Å²) in [5.41, 5.74) is 7.52. The predicted molar refractivity (Wildman–Crippen MR) is 55.5 cm³/mol. The number of hydrogen-bond acceptors (Lipinski definition) is 3. The lowest BCUT2D eigenvalue weighted by molar-refractivity contribution is 0.666. The average Bonchev–Trinajstić information content (AvgIpc) is 2.66. The molecule has 0 aliphatic heterocycles. The van der Waals surface area contributed by atoms with Gasteiger partial charge in [-0.15, -0.1) is 0 Å². The molecule has 0 amide bonds. The molecule has 0 aliphatic carbocycles. The fourth-order valence-electron chi connectivity index (χ4n) is 1.40. The average molecular weight is 188 g/mol. The zero-order chi connectivity index (χ0) is 9.97. The van der Waals surface area contributed by atoms with E-state index >= 15 is 0 Å². The molecular weight excluding hydrogens is 176 g/mol. The summed E-state index contributed by atoms with van der Waals surface area (Å²) in [4.78, 5) is 4.19. The van der Waals surface area contributed by atoms with E-state index < -0.39 is 0 Å². The fourth-order valence-corrected chi connectivity index (χ4v) is 1.40. The molecule has 0 bridgehead atoms. The maximum atomic E-state index is 5.85. The summed E-state index contributed by atoms with van der Waals surface area (Å²) in [5.74, 6) is 0.825. The van der Waals surface area contributed by atoms with Crippen LogP contribution in [0, 0.1) is 0 Å². The summed E-state index contributed by atoms with van der Waals surface area (Å²) in [6, 6.07) is 7.67. The first-order valence-electron chi connectivity index (χ1n) is 4.55. The molecule has 2 aromatic rings. The zero-order valence-electron chi connectivity index (χ0n) is 8.01. The van der Waals surface area contributed by atoms with Crippen molar-refractivity contribution in [2.45, 2.75) is 13.5 Å². The fraction of sp³-hybridized carbons (Fsp3) is 0.200. The van der Waals surface area contributed by atoms with Gasteiger partial charge < -0.3 is 5.73 Å². The van der Waals surface area contributed by atoms with Gasteiger partial charge in [-0.05, 0) is 19.1 Å². The van der Waals surface area contributed by atoms with E-state index in [1.807, 2.05) is 35.9 Å². The van der Waals surface area contributed by atoms with E-state index in [0.717, 1.165) is 23.6 Å². The van der Waals surface area contributed by atoms with E-state index in [-0.39, 0.29) is 0 Å². The van der Waals surface area contributed by atoms with Crippen LogP contribution < -0.4 is 5.73 Å². The first-order chi connectivity index (χ1) is 6.83. The molecule has 1 aromatic carbocycles. The second-order valence-electron chi connectivity index (χ2n) is 2.99. The SMILES string of the molecule is CCn1ncnc1-c1ccccc1N. The maximum Gasteiger partial charge on any atom is 0.160 e. The van der Waals surface area contributed by atoms with Gasteiger partial charge in [-0.2, -0.15) is 5.10 Å². The Balaban J connectivity index is 2.54. The second-order valence-corrected chi connectivity index (χ2v) is 2.99. The van der Waals surface area contributed by atoms with Gasteiger partial charge in [0.15, 0.2) is 5.82 Å². The number of nitrogens with two attached hydrogens (primary N) is 1. The molecular formula is C10H12N4. The van der Waals surface area contributed by atoms with Crippen LogP contribution in [0.5, 0.6) is 0 Å². The Hall–Kier alpha value is -1.84. The van der Waals surface area contributed by atoms with Crippen molar-refractivity contribution in [2.24, 2.45) is 0 Å². The highest BCUT2D eigenvalue weighted by Gasteiger charge is 2.07. The maximum absolute atomic E-state index is 5.85. The van der Waals surface area contributed by atoms with Crippen LogP contribution in [0.4, 0.5) is 5.69 Å². The van der Waals surface area contributed by atoms with E-state index in [0.29, 0.717) is 0 Å². The molecule has 4 heteroatoms. The van der Waals surface area contributed by atoms with Crippen molar-refractivity contribution in [3.63, 3.8) is 0 Å². The number of hydrogen-bond donors (Lipinski definition) is 1. The Morgan fingerprint density at radius 2 is 2.14 bits per heavy atom. The molecule has 0 saturated carbocycles. The number of aryl methyl sites for hydroxylation is 1. The monoisotopic (exact) mass is 188 g/mol. The normalized spacial score (nSPS) is 10.4. The van der Waals surface area contributed by atoms with Gasteiger partial charge in [0, 0.05) is 17.8 Å². The van der Waals surface area contributed by atoms with Gasteiger partial charge in [0.25, 0.3) is 0 Å². The van der Waals surface area contributed by atoms with E-state index in [1.54, 1.807) is 6.33 Å². The highest BCUT2D eigenvalue weighted by molar-refractivity contribution is 5.71. The molecule has 14 heavy (non-hydrogen) atoms. The molecule has 0 spiro atoms. The molecule has 0 atom stereocenters. The van der Waals surface area contributed by atoms with E-state index in [4.69, 9.17) is 5.73 Å². The molecule has 0 fully saturated rings. The zero-order valence-corrected chi connectivity index (χ0v) is 8.01. The number of anilines is 1. The third-order valence-electron chi connectivity index (χ3n) is 2.12. The van der Waals surface area contributed by atoms with Crippen LogP contribution in [-0.2, 0) is 6.54 Å². The second kappa shape index (κ2) is 3.49. The predicted octanol–water partition coefficient (Wildman–Crippen LogP) is 1.55. The Morgan fingerprint density at radius 1 is 1.36 bits per heavy atom. The summed E-state index contributed by atoms with van der Waals surface area (Å²) in [6.45, 7) is 2.82. The van der Waals surface area contributed by atoms with E-state index in [9.17, 15) is 0 Å². The van der Waals surface area contributed by atoms with Crippen molar-refractivity contribution in [3.8, 4) is 11.4 Å². The summed E-state index contributed by atoms with van der Waals surface area (Å²) in [6.07, 6.45) is 1.55. The lowest BCUT2D eigenvalue weighted by atomic mass is 10.2. The molecule has 0 aliphatic rings. The van der Waals surface area contributed by atoms with Gasteiger partial charge in [0.2, 0.25) is 0 Å². The summed E-state index contributed by atoms with van der Waals surface area (Å²) in [7, 11) is 0. The number of rotatable bonds is 2. The standard InChI is InChI=1S/C10H12N4/c1-2-14-10(12-7-13-14)8-5-3-4-6-9(8)11/h3-7H,2,11H2,1H3. The third-order valence-corrected chi connectivity index (χ3v) is 2.12. The quantitative estimate of drug-likeness (QED) is 0.727. The molecule has 0 radical (unpaired) electrons. The molecule has 0 unspecified atom stereocenters. The largest absolute Gasteiger partial charge is 0.398 e. The van der Waals surface area contributed by atoms with Crippen LogP contribution in [0.25, 0.3) is 11.4 Å². The lowest BCUT2D eigenvalue weighted by Gasteiger charge is -2.05. The number of aromatic nitrogens is 3. The van der Waals surface area contributed by atoms with Crippen LogP contribution in [0.15, 0.2) is 30.6 Å². The Kier molecular flexibility index (Phi) is 2.18. The molecule has 2 N–H and O–H groups in total. The molecule has 2 rings (SSSR count). The first kappa shape index (κ1) is 8.74. The Bertz CT molecular complexity index is 433. The Labute approximate surface area is 82.4 Å². The van der Waals surface area contributed by atoms with Crippen molar-refractivity contribution >= 4 is 5.69 Å². The van der Waals surface area contributed by atoms with E-state index in [2.05, 4.69) is 10.1 Å². The van der Waals surface area contributed by atoms with Gasteiger partial charge in [-0.1, -0.05) is 12.1 Å². The number of nitrogens with zero attached hydrogens (tertiary/aromatic N) is 3.